The number of carbonyl (C=O) groups excluding carboxylic acids is 1. The molecule has 2 amide bonds. The fraction of sp³-hybridized carbons (Fsp3) is 0.333. The van der Waals surface area contributed by atoms with Gasteiger partial charge >= 0.3 is 6.03 Å². The van der Waals surface area contributed by atoms with Gasteiger partial charge in [-0.15, -0.1) is 0 Å². The number of pyridine rings is 1. The molecule has 1 aromatic heterocycles. The summed E-state index contributed by atoms with van der Waals surface area (Å²) in [4.78, 5) is 18.2. The van der Waals surface area contributed by atoms with Crippen molar-refractivity contribution in [1.82, 2.24) is 9.88 Å². The van der Waals surface area contributed by atoms with Crippen LogP contribution in [0.5, 0.6) is 17.4 Å². The number of methoxy groups -OCH3 is 1. The topological polar surface area (TPSA) is 89.7 Å². The zero-order chi connectivity index (χ0) is 17.6. The average molecular weight is 342 g/mol. The number of hydrogen-bond acceptors (Lipinski definition) is 5. The lowest BCUT2D eigenvalue weighted by Crippen LogP contribution is -2.47. The largest absolute Gasteiger partial charge is 0.493 e. The first-order valence-corrected chi connectivity index (χ1v) is 8.24. The molecule has 1 aliphatic heterocycles. The maximum absolute atomic E-state index is 12.3. The lowest BCUT2D eigenvalue weighted by molar-refractivity contribution is 0.193. The number of benzene rings is 1. The Balaban J connectivity index is 1.61. The Bertz CT molecular complexity index is 721. The Morgan fingerprint density at radius 3 is 2.76 bits per heavy atom. The van der Waals surface area contributed by atoms with Gasteiger partial charge in [0.05, 0.1) is 19.0 Å². The molecule has 7 nitrogen and oxygen atoms in total. The quantitative estimate of drug-likeness (QED) is 0.892. The fourth-order valence-corrected chi connectivity index (χ4v) is 2.73. The number of nitrogens with one attached hydrogen (secondary N) is 1. The molecule has 0 bridgehead atoms. The van der Waals surface area contributed by atoms with Crippen LogP contribution < -0.4 is 20.5 Å². The number of piperidine rings is 1. The van der Waals surface area contributed by atoms with E-state index in [-0.39, 0.29) is 12.1 Å². The lowest BCUT2D eigenvalue weighted by Gasteiger charge is -2.30. The smallest absolute Gasteiger partial charge is 0.321 e. The molecule has 7 heteroatoms. The highest BCUT2D eigenvalue weighted by atomic mass is 16.5. The Kier molecular flexibility index (Phi) is 5.35. The summed E-state index contributed by atoms with van der Waals surface area (Å²) in [5.41, 5.74) is 6.52. The molecular formula is C18H22N4O3. The van der Waals surface area contributed by atoms with Crippen LogP contribution in [0.25, 0.3) is 0 Å². The first-order chi connectivity index (χ1) is 12.2. The van der Waals surface area contributed by atoms with Crippen LogP contribution >= 0.6 is 0 Å². The van der Waals surface area contributed by atoms with E-state index < -0.39 is 0 Å². The van der Waals surface area contributed by atoms with E-state index in [0.29, 0.717) is 29.6 Å². The van der Waals surface area contributed by atoms with Gasteiger partial charge in [-0.2, -0.15) is 0 Å². The zero-order valence-electron chi connectivity index (χ0n) is 14.1. The molecule has 132 valence electrons. The average Bonchev–Trinajstić information content (AvgIpc) is 2.64. The van der Waals surface area contributed by atoms with Crippen LogP contribution in [0.4, 0.5) is 10.5 Å². The predicted octanol–water partition coefficient (Wildman–Crippen LogP) is 2.84. The van der Waals surface area contributed by atoms with Crippen LogP contribution in [0.15, 0.2) is 42.6 Å². The molecule has 0 aliphatic carbocycles. The summed E-state index contributed by atoms with van der Waals surface area (Å²) >= 11 is 0. The van der Waals surface area contributed by atoms with Gasteiger partial charge in [0.25, 0.3) is 0 Å². The van der Waals surface area contributed by atoms with Crippen molar-refractivity contribution in [1.29, 1.82) is 0 Å². The Morgan fingerprint density at radius 2 is 2.08 bits per heavy atom. The molecule has 0 radical (unpaired) electrons. The third-order valence-corrected chi connectivity index (χ3v) is 4.02. The van der Waals surface area contributed by atoms with Crippen molar-refractivity contribution in [2.75, 3.05) is 25.5 Å². The van der Waals surface area contributed by atoms with E-state index in [0.717, 1.165) is 19.4 Å². The molecule has 3 N–H and O–H groups in total. The number of hydrogen-bond donors (Lipinski definition) is 2. The van der Waals surface area contributed by atoms with Crippen LogP contribution in [0.1, 0.15) is 12.8 Å². The number of aromatic nitrogens is 1. The Labute approximate surface area is 146 Å². The van der Waals surface area contributed by atoms with Crippen molar-refractivity contribution in [3.05, 3.63) is 42.6 Å². The number of carbonyl (C=O) groups is 1. The molecule has 3 rings (SSSR count). The van der Waals surface area contributed by atoms with Crippen molar-refractivity contribution in [3.63, 3.8) is 0 Å². The molecule has 2 heterocycles. The van der Waals surface area contributed by atoms with Crippen molar-refractivity contribution >= 4 is 11.7 Å². The van der Waals surface area contributed by atoms with E-state index >= 15 is 0 Å². The first-order valence-electron chi connectivity index (χ1n) is 8.24. The van der Waals surface area contributed by atoms with Crippen LogP contribution in [0, 0.1) is 0 Å². The number of urea groups is 1. The van der Waals surface area contributed by atoms with Crippen LogP contribution in [-0.2, 0) is 0 Å². The van der Waals surface area contributed by atoms with E-state index in [1.54, 1.807) is 36.4 Å². The minimum absolute atomic E-state index is 0.0502. The summed E-state index contributed by atoms with van der Waals surface area (Å²) in [6.45, 7) is 1.30. The minimum Gasteiger partial charge on any atom is -0.493 e. The molecule has 25 heavy (non-hydrogen) atoms. The van der Waals surface area contributed by atoms with Crippen LogP contribution in [-0.4, -0.2) is 42.2 Å². The van der Waals surface area contributed by atoms with Crippen LogP contribution in [0.3, 0.4) is 0 Å². The predicted molar refractivity (Wildman–Crippen MR) is 95.1 cm³/mol. The van der Waals surface area contributed by atoms with E-state index in [4.69, 9.17) is 15.2 Å². The molecule has 1 atom stereocenters. The molecule has 2 aromatic rings. The summed E-state index contributed by atoms with van der Waals surface area (Å²) in [5, 5.41) is 2.83. The van der Waals surface area contributed by atoms with E-state index in [2.05, 4.69) is 10.3 Å². The van der Waals surface area contributed by atoms with Gasteiger partial charge in [-0.1, -0.05) is 12.1 Å². The third-order valence-electron chi connectivity index (χ3n) is 4.02. The second kappa shape index (κ2) is 7.85. The van der Waals surface area contributed by atoms with Gasteiger partial charge in [-0.05, 0) is 31.0 Å². The van der Waals surface area contributed by atoms with Gasteiger partial charge in [-0.3, -0.25) is 0 Å². The number of amides is 2. The monoisotopic (exact) mass is 342 g/mol. The molecule has 0 unspecified atom stereocenters. The number of rotatable bonds is 4. The molecule has 1 fully saturated rings. The Hall–Kier alpha value is -2.80. The van der Waals surface area contributed by atoms with Gasteiger partial charge in [0.1, 0.15) is 0 Å². The van der Waals surface area contributed by atoms with Crippen molar-refractivity contribution in [3.8, 4) is 17.4 Å². The highest BCUT2D eigenvalue weighted by molar-refractivity contribution is 5.89. The molecular weight excluding hydrogens is 320 g/mol. The molecule has 0 spiro atoms. The van der Waals surface area contributed by atoms with Crippen molar-refractivity contribution in [2.45, 2.75) is 18.9 Å². The van der Waals surface area contributed by atoms with Gasteiger partial charge in [0, 0.05) is 25.2 Å². The maximum atomic E-state index is 12.3. The summed E-state index contributed by atoms with van der Waals surface area (Å²) in [6, 6.07) is 10.7. The van der Waals surface area contributed by atoms with E-state index in [1.807, 2.05) is 18.2 Å². The summed E-state index contributed by atoms with van der Waals surface area (Å²) < 4.78 is 11.0. The van der Waals surface area contributed by atoms with E-state index in [1.165, 1.54) is 0 Å². The SMILES string of the molecule is COc1ccccc1Oc1ccc(NC(=O)N2CCC[C@H](N)C2)cn1. The molecule has 1 aliphatic rings. The molecule has 1 saturated heterocycles. The van der Waals surface area contributed by atoms with Gasteiger partial charge < -0.3 is 25.4 Å². The number of anilines is 1. The molecule has 1 aromatic carbocycles. The highest BCUT2D eigenvalue weighted by Crippen LogP contribution is 2.30. The minimum atomic E-state index is -0.157. The normalized spacial score (nSPS) is 17.0. The number of ether oxygens (including phenoxy) is 2. The second-order valence-corrected chi connectivity index (χ2v) is 5.92. The number of nitrogens with zero attached hydrogens (tertiary/aromatic N) is 2. The van der Waals surface area contributed by atoms with Crippen molar-refractivity contribution in [2.24, 2.45) is 5.73 Å². The molecule has 0 saturated carbocycles. The second-order valence-electron chi connectivity index (χ2n) is 5.92. The Morgan fingerprint density at radius 1 is 1.28 bits per heavy atom. The summed E-state index contributed by atoms with van der Waals surface area (Å²) in [5.74, 6) is 1.63. The summed E-state index contributed by atoms with van der Waals surface area (Å²) in [7, 11) is 1.58. The first kappa shape index (κ1) is 17.0. The van der Waals surface area contributed by atoms with E-state index in [9.17, 15) is 4.79 Å². The highest BCUT2D eigenvalue weighted by Gasteiger charge is 2.21. The summed E-state index contributed by atoms with van der Waals surface area (Å²) in [6.07, 6.45) is 3.45. The van der Waals surface area contributed by atoms with Gasteiger partial charge in [-0.25, -0.2) is 9.78 Å². The van der Waals surface area contributed by atoms with Gasteiger partial charge in [0.2, 0.25) is 5.88 Å². The number of likely N-dealkylation sites (tertiary alicyclic amines) is 1. The maximum Gasteiger partial charge on any atom is 0.321 e. The fourth-order valence-electron chi connectivity index (χ4n) is 2.73. The van der Waals surface area contributed by atoms with Crippen molar-refractivity contribution < 1.29 is 14.3 Å². The standard InChI is InChI=1S/C18H22N4O3/c1-24-15-6-2-3-7-16(15)25-17-9-8-14(11-20-17)21-18(23)22-10-4-5-13(19)12-22/h2-3,6-9,11,13H,4-5,10,12,19H2,1H3,(H,21,23)/t13-/m0/s1. The number of para-hydroxylation sites is 2. The van der Waals surface area contributed by atoms with Gasteiger partial charge in [0.15, 0.2) is 11.5 Å². The number of nitrogens with two attached hydrogens (primary N) is 1. The third kappa shape index (κ3) is 4.39. The van der Waals surface area contributed by atoms with Crippen LogP contribution in [0.2, 0.25) is 0 Å². The zero-order valence-corrected chi connectivity index (χ0v) is 14.1. The lowest BCUT2D eigenvalue weighted by atomic mass is 10.1.